The number of sulfonamides is 1. The van der Waals surface area contributed by atoms with Gasteiger partial charge in [0.1, 0.15) is 6.04 Å². The van der Waals surface area contributed by atoms with E-state index in [1.807, 2.05) is 37.3 Å². The molecule has 1 aliphatic rings. The van der Waals surface area contributed by atoms with E-state index in [1.165, 1.54) is 36.4 Å². The van der Waals surface area contributed by atoms with Crippen LogP contribution in [0.2, 0.25) is 0 Å². The first-order chi connectivity index (χ1) is 17.7. The van der Waals surface area contributed by atoms with E-state index in [0.29, 0.717) is 6.42 Å². The monoisotopic (exact) mass is 520 g/mol. The molecule has 0 saturated carbocycles. The minimum Gasteiger partial charge on any atom is -0.462 e. The molecule has 0 spiro atoms. The molecule has 3 aromatic rings. The third-order valence-corrected chi connectivity index (χ3v) is 8.12. The summed E-state index contributed by atoms with van der Waals surface area (Å²) in [5, 5.41) is 0. The lowest BCUT2D eigenvalue weighted by atomic mass is 10.1. The van der Waals surface area contributed by atoms with Crippen LogP contribution in [0.15, 0.2) is 83.8 Å². The van der Waals surface area contributed by atoms with E-state index in [4.69, 9.17) is 4.74 Å². The molecular weight excluding hydrogens is 492 g/mol. The molecular formula is C28H28N2O6S. The summed E-state index contributed by atoms with van der Waals surface area (Å²) < 4.78 is 33.6. The molecule has 8 nitrogen and oxygen atoms in total. The average molecular weight is 521 g/mol. The number of imide groups is 1. The molecule has 9 heteroatoms. The van der Waals surface area contributed by atoms with Gasteiger partial charge in [-0.05, 0) is 62.2 Å². The molecule has 0 aromatic heterocycles. The molecule has 1 aliphatic heterocycles. The van der Waals surface area contributed by atoms with E-state index in [1.54, 1.807) is 19.1 Å². The highest BCUT2D eigenvalue weighted by Crippen LogP contribution is 2.30. The summed E-state index contributed by atoms with van der Waals surface area (Å²) in [5.74, 6) is -1.65. The van der Waals surface area contributed by atoms with Crippen molar-refractivity contribution in [3.05, 3.63) is 95.6 Å². The number of hydrogen-bond donors (Lipinski definition) is 0. The average Bonchev–Trinajstić information content (AvgIpc) is 3.18. The van der Waals surface area contributed by atoms with Gasteiger partial charge in [-0.1, -0.05) is 48.0 Å². The first kappa shape index (κ1) is 26.2. The molecule has 4 rings (SSSR count). The lowest BCUT2D eigenvalue weighted by molar-refractivity contribution is -0.122. The van der Waals surface area contributed by atoms with Gasteiger partial charge in [0.25, 0.3) is 5.91 Å². The van der Waals surface area contributed by atoms with E-state index in [2.05, 4.69) is 0 Å². The zero-order valence-corrected chi connectivity index (χ0v) is 21.5. The van der Waals surface area contributed by atoms with Crippen LogP contribution in [0.25, 0.3) is 0 Å². The Morgan fingerprint density at radius 2 is 1.62 bits per heavy atom. The number of nitrogens with zero attached hydrogens (tertiary/aromatic N) is 2. The molecule has 1 heterocycles. The number of hydrogen-bond acceptors (Lipinski definition) is 6. The minimum atomic E-state index is -4.09. The molecule has 1 saturated heterocycles. The molecule has 1 unspecified atom stereocenters. The Labute approximate surface area is 216 Å². The maximum atomic E-state index is 13.7. The molecule has 1 atom stereocenters. The van der Waals surface area contributed by atoms with Crippen LogP contribution in [-0.2, 0) is 30.8 Å². The van der Waals surface area contributed by atoms with Gasteiger partial charge in [0.15, 0.2) is 0 Å². The van der Waals surface area contributed by atoms with Gasteiger partial charge in [0.05, 0.1) is 29.2 Å². The van der Waals surface area contributed by atoms with Gasteiger partial charge >= 0.3 is 5.97 Å². The van der Waals surface area contributed by atoms with Crippen LogP contribution in [0.3, 0.4) is 0 Å². The van der Waals surface area contributed by atoms with Gasteiger partial charge in [0, 0.05) is 6.54 Å². The fourth-order valence-electron chi connectivity index (χ4n) is 4.25. The summed E-state index contributed by atoms with van der Waals surface area (Å²) in [4.78, 5) is 39.5. The van der Waals surface area contributed by atoms with Crippen molar-refractivity contribution in [2.75, 3.05) is 18.1 Å². The number of amides is 2. The first-order valence-electron chi connectivity index (χ1n) is 12.0. The normalized spacial score (nSPS) is 15.9. The molecule has 1 fully saturated rings. The van der Waals surface area contributed by atoms with Crippen LogP contribution in [0.5, 0.6) is 0 Å². The van der Waals surface area contributed by atoms with Crippen LogP contribution in [0, 0.1) is 6.92 Å². The second-order valence-electron chi connectivity index (χ2n) is 8.72. The molecule has 0 bridgehead atoms. The highest BCUT2D eigenvalue weighted by atomic mass is 32.2. The molecule has 0 radical (unpaired) electrons. The van der Waals surface area contributed by atoms with Crippen LogP contribution >= 0.6 is 0 Å². The Morgan fingerprint density at radius 3 is 2.24 bits per heavy atom. The van der Waals surface area contributed by atoms with Crippen LogP contribution in [0.4, 0.5) is 5.69 Å². The Kier molecular flexibility index (Phi) is 7.85. The van der Waals surface area contributed by atoms with E-state index in [-0.39, 0.29) is 35.7 Å². The van der Waals surface area contributed by atoms with E-state index >= 15 is 0 Å². The second kappa shape index (κ2) is 11.1. The number of esters is 1. The van der Waals surface area contributed by atoms with Crippen molar-refractivity contribution < 1.29 is 27.5 Å². The van der Waals surface area contributed by atoms with Crippen LogP contribution < -0.4 is 4.90 Å². The van der Waals surface area contributed by atoms with Crippen molar-refractivity contribution in [1.82, 2.24) is 4.31 Å². The number of benzene rings is 3. The molecule has 2 amide bonds. The third kappa shape index (κ3) is 5.63. The largest absolute Gasteiger partial charge is 0.462 e. The smallest absolute Gasteiger partial charge is 0.338 e. The Bertz CT molecular complexity index is 1390. The summed E-state index contributed by atoms with van der Waals surface area (Å²) in [6, 6.07) is 20.5. The van der Waals surface area contributed by atoms with Crippen molar-refractivity contribution in [2.45, 2.75) is 37.6 Å². The number of carbonyl (C=O) groups is 3. The fraction of sp³-hybridized carbons (Fsp3) is 0.250. The van der Waals surface area contributed by atoms with Gasteiger partial charge in [-0.2, -0.15) is 4.31 Å². The van der Waals surface area contributed by atoms with Gasteiger partial charge in [-0.15, -0.1) is 0 Å². The molecule has 0 N–H and O–H groups in total. The SMILES string of the molecule is CCOC(=O)c1ccc(N2C(=O)CC(N(CCc3ccccc3)S(=O)(=O)c3ccc(C)cc3)C2=O)cc1. The Balaban J connectivity index is 1.65. The highest BCUT2D eigenvalue weighted by molar-refractivity contribution is 7.89. The van der Waals surface area contributed by atoms with Gasteiger partial charge in [0.2, 0.25) is 15.9 Å². The summed E-state index contributed by atoms with van der Waals surface area (Å²) in [7, 11) is -4.09. The standard InChI is InChI=1S/C28H28N2O6S/c1-3-36-28(33)22-11-13-23(14-12-22)30-26(31)19-25(27(30)32)29(18-17-21-7-5-4-6-8-21)37(34,35)24-15-9-20(2)10-16-24/h4-16,25H,3,17-19H2,1-2H3. The molecule has 192 valence electrons. The van der Waals surface area contributed by atoms with Gasteiger partial charge in [-0.3, -0.25) is 9.59 Å². The zero-order chi connectivity index (χ0) is 26.6. The quantitative estimate of drug-likeness (QED) is 0.315. The van der Waals surface area contributed by atoms with Crippen molar-refractivity contribution in [1.29, 1.82) is 0 Å². The first-order valence-corrected chi connectivity index (χ1v) is 13.4. The van der Waals surface area contributed by atoms with Crippen molar-refractivity contribution in [2.24, 2.45) is 0 Å². The third-order valence-electron chi connectivity index (χ3n) is 6.20. The Hall–Kier alpha value is -3.82. The maximum Gasteiger partial charge on any atom is 0.338 e. The second-order valence-corrected chi connectivity index (χ2v) is 10.6. The lowest BCUT2D eigenvalue weighted by Crippen LogP contribution is -2.46. The number of rotatable bonds is 9. The summed E-state index contributed by atoms with van der Waals surface area (Å²) in [6.07, 6.45) is 0.0937. The highest BCUT2D eigenvalue weighted by Gasteiger charge is 2.46. The zero-order valence-electron chi connectivity index (χ0n) is 20.7. The van der Waals surface area contributed by atoms with E-state index in [9.17, 15) is 22.8 Å². The summed E-state index contributed by atoms with van der Waals surface area (Å²) in [5.41, 5.74) is 2.36. The van der Waals surface area contributed by atoms with Gasteiger partial charge < -0.3 is 4.74 Å². The van der Waals surface area contributed by atoms with Crippen molar-refractivity contribution in [3.63, 3.8) is 0 Å². The van der Waals surface area contributed by atoms with Crippen molar-refractivity contribution in [3.8, 4) is 0 Å². The van der Waals surface area contributed by atoms with Crippen LogP contribution in [0.1, 0.15) is 34.8 Å². The van der Waals surface area contributed by atoms with E-state index in [0.717, 1.165) is 20.3 Å². The predicted molar refractivity (Wildman–Crippen MR) is 139 cm³/mol. The van der Waals surface area contributed by atoms with E-state index < -0.39 is 33.8 Å². The number of ether oxygens (including phenoxy) is 1. The molecule has 3 aromatic carbocycles. The van der Waals surface area contributed by atoms with Crippen molar-refractivity contribution >= 4 is 33.5 Å². The fourth-order valence-corrected chi connectivity index (χ4v) is 5.83. The topological polar surface area (TPSA) is 101 Å². The molecule has 37 heavy (non-hydrogen) atoms. The minimum absolute atomic E-state index is 0.0273. The summed E-state index contributed by atoms with van der Waals surface area (Å²) >= 11 is 0. The predicted octanol–water partition coefficient (Wildman–Crippen LogP) is 3.74. The number of anilines is 1. The van der Waals surface area contributed by atoms with Crippen LogP contribution in [-0.4, -0.2) is 49.7 Å². The number of aryl methyl sites for hydroxylation is 1. The summed E-state index contributed by atoms with van der Waals surface area (Å²) in [6.45, 7) is 3.80. The number of carbonyl (C=O) groups excluding carboxylic acids is 3. The Morgan fingerprint density at radius 1 is 0.973 bits per heavy atom. The molecule has 0 aliphatic carbocycles. The van der Waals surface area contributed by atoms with Gasteiger partial charge in [-0.25, -0.2) is 18.1 Å². The maximum absolute atomic E-state index is 13.7. The lowest BCUT2D eigenvalue weighted by Gasteiger charge is -2.27.